The number of rotatable bonds is 3. The number of aromatic nitrogens is 1. The Bertz CT molecular complexity index is 737. The molecule has 1 aliphatic rings. The fourth-order valence-corrected chi connectivity index (χ4v) is 2.76. The van der Waals surface area contributed by atoms with Gasteiger partial charge in [0, 0.05) is 31.0 Å². The molecule has 0 atom stereocenters. The van der Waals surface area contributed by atoms with Gasteiger partial charge in [-0.3, -0.25) is 19.8 Å². The van der Waals surface area contributed by atoms with Gasteiger partial charge in [-0.15, -0.1) is 12.4 Å². The van der Waals surface area contributed by atoms with Crippen LogP contribution in [0.15, 0.2) is 42.7 Å². The van der Waals surface area contributed by atoms with E-state index in [1.807, 2.05) is 23.1 Å². The first-order chi connectivity index (χ1) is 11.2. The molecule has 126 valence electrons. The Morgan fingerprint density at radius 3 is 2.79 bits per heavy atom. The monoisotopic (exact) mass is 347 g/mol. The summed E-state index contributed by atoms with van der Waals surface area (Å²) in [7, 11) is 0. The third-order valence-electron chi connectivity index (χ3n) is 4.01. The zero-order valence-electron chi connectivity index (χ0n) is 12.9. The lowest BCUT2D eigenvalue weighted by molar-refractivity contribution is -0.131. The van der Waals surface area contributed by atoms with E-state index in [-0.39, 0.29) is 18.3 Å². The van der Waals surface area contributed by atoms with Crippen LogP contribution in [0.1, 0.15) is 27.0 Å². The van der Waals surface area contributed by atoms with Crippen molar-refractivity contribution in [3.8, 4) is 0 Å². The van der Waals surface area contributed by atoms with Gasteiger partial charge in [-0.1, -0.05) is 12.1 Å². The van der Waals surface area contributed by atoms with E-state index in [1.54, 1.807) is 30.0 Å². The maximum Gasteiger partial charge on any atom is 0.274 e. The number of halogens is 1. The van der Waals surface area contributed by atoms with Gasteiger partial charge in [0.25, 0.3) is 5.91 Å². The summed E-state index contributed by atoms with van der Waals surface area (Å²) in [4.78, 5) is 29.7. The number of amides is 2. The normalized spacial score (nSPS) is 12.8. The predicted octanol–water partition coefficient (Wildman–Crippen LogP) is 1.75. The number of hydroxylamine groups is 1. The molecule has 2 heterocycles. The van der Waals surface area contributed by atoms with Gasteiger partial charge in [0.15, 0.2) is 0 Å². The van der Waals surface area contributed by atoms with E-state index in [4.69, 9.17) is 5.21 Å². The highest BCUT2D eigenvalue weighted by Crippen LogP contribution is 2.21. The maximum atomic E-state index is 12.4. The lowest BCUT2D eigenvalue weighted by Crippen LogP contribution is -2.37. The number of hydrogen-bond donors (Lipinski definition) is 2. The van der Waals surface area contributed by atoms with Crippen LogP contribution in [-0.4, -0.2) is 33.5 Å². The quantitative estimate of drug-likeness (QED) is 0.654. The van der Waals surface area contributed by atoms with Gasteiger partial charge < -0.3 is 4.90 Å². The highest BCUT2D eigenvalue weighted by atomic mass is 35.5. The van der Waals surface area contributed by atoms with Crippen LogP contribution in [-0.2, 0) is 24.2 Å². The number of nitrogens with zero attached hydrogens (tertiary/aromatic N) is 2. The summed E-state index contributed by atoms with van der Waals surface area (Å²) in [6.45, 7) is 1.16. The Hall–Kier alpha value is -2.44. The molecule has 7 heteroatoms. The van der Waals surface area contributed by atoms with E-state index in [9.17, 15) is 9.59 Å². The summed E-state index contributed by atoms with van der Waals surface area (Å²) in [6, 6.07) is 8.97. The van der Waals surface area contributed by atoms with Crippen LogP contribution in [0.3, 0.4) is 0 Å². The summed E-state index contributed by atoms with van der Waals surface area (Å²) in [5, 5.41) is 8.69. The second-order valence-electron chi connectivity index (χ2n) is 5.53. The minimum Gasteiger partial charge on any atom is -0.338 e. The molecule has 2 amide bonds. The summed E-state index contributed by atoms with van der Waals surface area (Å²) in [5.41, 5.74) is 5.02. The topological polar surface area (TPSA) is 82.5 Å². The van der Waals surface area contributed by atoms with Crippen LogP contribution in [0.2, 0.25) is 0 Å². The van der Waals surface area contributed by atoms with Crippen molar-refractivity contribution in [2.45, 2.75) is 19.4 Å². The number of fused-ring (bicyclic) bond motifs is 1. The van der Waals surface area contributed by atoms with Crippen LogP contribution in [0, 0.1) is 0 Å². The van der Waals surface area contributed by atoms with Gasteiger partial charge in [-0.2, -0.15) is 0 Å². The number of benzene rings is 1. The molecule has 2 N–H and O–H groups in total. The van der Waals surface area contributed by atoms with Gasteiger partial charge in [0.05, 0.1) is 6.42 Å². The third kappa shape index (κ3) is 3.90. The van der Waals surface area contributed by atoms with E-state index in [0.29, 0.717) is 31.5 Å². The maximum absolute atomic E-state index is 12.4. The van der Waals surface area contributed by atoms with E-state index in [2.05, 4.69) is 4.98 Å². The molecule has 0 fully saturated rings. The van der Waals surface area contributed by atoms with Crippen molar-refractivity contribution in [2.24, 2.45) is 0 Å². The van der Waals surface area contributed by atoms with Crippen molar-refractivity contribution in [2.75, 3.05) is 6.54 Å². The van der Waals surface area contributed by atoms with Crippen molar-refractivity contribution in [1.29, 1.82) is 0 Å². The van der Waals surface area contributed by atoms with Crippen LogP contribution >= 0.6 is 12.4 Å². The van der Waals surface area contributed by atoms with E-state index in [0.717, 1.165) is 16.7 Å². The number of hydrogen-bond acceptors (Lipinski definition) is 4. The molecule has 0 bridgehead atoms. The minimum atomic E-state index is -0.525. The smallest absolute Gasteiger partial charge is 0.274 e. The van der Waals surface area contributed by atoms with Gasteiger partial charge in [-0.05, 0) is 41.3 Å². The number of carbonyl (C=O) groups is 2. The van der Waals surface area contributed by atoms with E-state index < -0.39 is 5.91 Å². The fourth-order valence-electron chi connectivity index (χ4n) is 2.76. The van der Waals surface area contributed by atoms with Crippen molar-refractivity contribution in [3.63, 3.8) is 0 Å². The number of carbonyl (C=O) groups excluding carboxylic acids is 2. The molecule has 3 rings (SSSR count). The average molecular weight is 348 g/mol. The molecule has 2 aromatic rings. The fraction of sp³-hybridized carbons (Fsp3) is 0.235. The lowest BCUT2D eigenvalue weighted by atomic mass is 9.96. The Labute approximate surface area is 145 Å². The molecule has 0 saturated carbocycles. The molecule has 0 radical (unpaired) electrons. The predicted molar refractivity (Wildman–Crippen MR) is 90.0 cm³/mol. The average Bonchev–Trinajstić information content (AvgIpc) is 2.61. The minimum absolute atomic E-state index is 0. The highest BCUT2D eigenvalue weighted by molar-refractivity contribution is 5.93. The summed E-state index contributed by atoms with van der Waals surface area (Å²) in [6.07, 6.45) is 4.43. The molecular formula is C17H18ClN3O3. The SMILES string of the molecule is Cl.O=C(NO)c1ccc2c(c1)CCN(C(=O)Cc1cccnc1)C2. The Kier molecular flexibility index (Phi) is 5.89. The highest BCUT2D eigenvalue weighted by Gasteiger charge is 2.21. The number of pyridine rings is 1. The molecule has 1 aromatic carbocycles. The first kappa shape index (κ1) is 17.9. The second kappa shape index (κ2) is 7.90. The molecule has 24 heavy (non-hydrogen) atoms. The zero-order valence-corrected chi connectivity index (χ0v) is 13.8. The number of nitrogens with one attached hydrogen (secondary N) is 1. The van der Waals surface area contributed by atoms with Crippen LogP contribution in [0.25, 0.3) is 0 Å². The summed E-state index contributed by atoms with van der Waals surface area (Å²) >= 11 is 0. The second-order valence-corrected chi connectivity index (χ2v) is 5.53. The van der Waals surface area contributed by atoms with Crippen molar-refractivity contribution in [3.05, 3.63) is 65.0 Å². The van der Waals surface area contributed by atoms with Crippen LogP contribution in [0.5, 0.6) is 0 Å². The van der Waals surface area contributed by atoms with Crippen molar-refractivity contribution in [1.82, 2.24) is 15.4 Å². The molecule has 0 spiro atoms. The Morgan fingerprint density at radius 1 is 1.25 bits per heavy atom. The standard InChI is InChI=1S/C17H17N3O3.ClH/c21-16(8-12-2-1-6-18-10-12)20-7-5-13-9-14(17(22)19-23)3-4-15(13)11-20;/h1-4,6,9-10,23H,5,7-8,11H2,(H,19,22);1H. The summed E-state index contributed by atoms with van der Waals surface area (Å²) < 4.78 is 0. The van der Waals surface area contributed by atoms with Crippen molar-refractivity contribution >= 4 is 24.2 Å². The Balaban J connectivity index is 0.00000208. The molecule has 0 unspecified atom stereocenters. The Morgan fingerprint density at radius 2 is 2.08 bits per heavy atom. The van der Waals surface area contributed by atoms with Gasteiger partial charge in [0.1, 0.15) is 0 Å². The molecule has 6 nitrogen and oxygen atoms in total. The van der Waals surface area contributed by atoms with E-state index >= 15 is 0 Å². The summed E-state index contributed by atoms with van der Waals surface area (Å²) in [5.74, 6) is -0.455. The van der Waals surface area contributed by atoms with Crippen LogP contribution < -0.4 is 5.48 Å². The van der Waals surface area contributed by atoms with Gasteiger partial charge in [-0.25, -0.2) is 5.48 Å². The molecule has 1 aliphatic heterocycles. The molecule has 0 aliphatic carbocycles. The van der Waals surface area contributed by atoms with Crippen molar-refractivity contribution < 1.29 is 14.8 Å². The lowest BCUT2D eigenvalue weighted by Gasteiger charge is -2.29. The largest absolute Gasteiger partial charge is 0.338 e. The third-order valence-corrected chi connectivity index (χ3v) is 4.01. The first-order valence-corrected chi connectivity index (χ1v) is 7.40. The van der Waals surface area contributed by atoms with E-state index in [1.165, 1.54) is 0 Å². The van der Waals surface area contributed by atoms with Gasteiger partial charge >= 0.3 is 0 Å². The molecule has 1 aromatic heterocycles. The molecule has 0 saturated heterocycles. The zero-order chi connectivity index (χ0) is 16.2. The van der Waals surface area contributed by atoms with Crippen LogP contribution in [0.4, 0.5) is 0 Å². The first-order valence-electron chi connectivity index (χ1n) is 7.40. The molecular weight excluding hydrogens is 330 g/mol. The van der Waals surface area contributed by atoms with Gasteiger partial charge in [0.2, 0.25) is 5.91 Å².